The van der Waals surface area contributed by atoms with Gasteiger partial charge in [-0.3, -0.25) is 14.7 Å². The Hall–Kier alpha value is -4.30. The third-order valence-electron chi connectivity index (χ3n) is 5.85. The van der Waals surface area contributed by atoms with Gasteiger partial charge in [0.15, 0.2) is 0 Å². The number of benzene rings is 3. The molecule has 0 aliphatic rings. The van der Waals surface area contributed by atoms with Crippen molar-refractivity contribution >= 4 is 16.9 Å². The summed E-state index contributed by atoms with van der Waals surface area (Å²) < 4.78 is 3.87. The van der Waals surface area contributed by atoms with Crippen molar-refractivity contribution in [2.24, 2.45) is 0 Å². The summed E-state index contributed by atoms with van der Waals surface area (Å²) in [5.74, 6) is -0.534. The molecule has 0 aliphatic carbocycles. The van der Waals surface area contributed by atoms with Gasteiger partial charge in [0.25, 0.3) is 5.91 Å². The molecule has 170 valence electrons. The van der Waals surface area contributed by atoms with E-state index in [2.05, 4.69) is 34.6 Å². The van der Waals surface area contributed by atoms with Gasteiger partial charge in [-0.25, -0.2) is 10.2 Å². The van der Waals surface area contributed by atoms with Crippen LogP contribution >= 0.6 is 0 Å². The van der Waals surface area contributed by atoms with E-state index >= 15 is 0 Å². The zero-order chi connectivity index (χ0) is 23.5. The van der Waals surface area contributed by atoms with Gasteiger partial charge in [-0.2, -0.15) is 5.10 Å². The zero-order valence-corrected chi connectivity index (χ0v) is 18.7. The van der Waals surface area contributed by atoms with Gasteiger partial charge in [-0.1, -0.05) is 53.7 Å². The molecule has 8 heteroatoms. The van der Waals surface area contributed by atoms with E-state index in [9.17, 15) is 4.79 Å². The van der Waals surface area contributed by atoms with E-state index in [0.717, 1.165) is 46.5 Å². The summed E-state index contributed by atoms with van der Waals surface area (Å²) >= 11 is 0. The van der Waals surface area contributed by atoms with Crippen LogP contribution in [0.2, 0.25) is 0 Å². The van der Waals surface area contributed by atoms with Crippen LogP contribution in [0.15, 0.2) is 78.9 Å². The van der Waals surface area contributed by atoms with Crippen LogP contribution in [0, 0.1) is 0 Å². The van der Waals surface area contributed by atoms with Crippen molar-refractivity contribution in [1.29, 1.82) is 0 Å². The molecule has 0 fully saturated rings. The number of hydrogen-bond acceptors (Lipinski definition) is 5. The normalized spacial score (nSPS) is 11.1. The van der Waals surface area contributed by atoms with Gasteiger partial charge < -0.3 is 0 Å². The minimum absolute atomic E-state index is 0.394. The van der Waals surface area contributed by atoms with Crippen molar-refractivity contribution in [3.8, 4) is 11.3 Å². The fourth-order valence-electron chi connectivity index (χ4n) is 4.04. The molecule has 5 aromatic rings. The highest BCUT2D eigenvalue weighted by Crippen LogP contribution is 2.25. The van der Waals surface area contributed by atoms with Gasteiger partial charge in [0.1, 0.15) is 5.52 Å². The molecule has 2 N–H and O–H groups in total. The fourth-order valence-corrected chi connectivity index (χ4v) is 4.04. The summed E-state index contributed by atoms with van der Waals surface area (Å²) in [6.07, 6.45) is 0.743. The Labute approximate surface area is 196 Å². The third-order valence-corrected chi connectivity index (χ3v) is 5.85. The molecular formula is C26H24N6O2. The molecular weight excluding hydrogens is 428 g/mol. The molecule has 5 rings (SSSR count). The van der Waals surface area contributed by atoms with Crippen LogP contribution in [-0.4, -0.2) is 35.9 Å². The fraction of sp³-hybridized carbons (Fsp3) is 0.154. The van der Waals surface area contributed by atoms with E-state index in [1.165, 1.54) is 5.56 Å². The predicted molar refractivity (Wildman–Crippen MR) is 128 cm³/mol. The van der Waals surface area contributed by atoms with Crippen molar-refractivity contribution in [2.75, 3.05) is 0 Å². The monoisotopic (exact) mass is 452 g/mol. The topological polar surface area (TPSA) is 97.9 Å². The minimum Gasteiger partial charge on any atom is -0.288 e. The first kappa shape index (κ1) is 21.5. The largest absolute Gasteiger partial charge is 0.288 e. The first-order valence-corrected chi connectivity index (χ1v) is 11.1. The van der Waals surface area contributed by atoms with Crippen molar-refractivity contribution in [3.63, 3.8) is 0 Å². The Morgan fingerprint density at radius 1 is 0.941 bits per heavy atom. The molecule has 0 bridgehead atoms. The Morgan fingerprint density at radius 3 is 2.47 bits per heavy atom. The molecule has 34 heavy (non-hydrogen) atoms. The van der Waals surface area contributed by atoms with Crippen LogP contribution in [0.4, 0.5) is 0 Å². The molecule has 0 saturated heterocycles. The molecule has 0 aliphatic heterocycles. The van der Waals surface area contributed by atoms with E-state index in [1.807, 2.05) is 58.8 Å². The number of nitrogens with one attached hydrogen (secondary N) is 1. The lowest BCUT2D eigenvalue weighted by molar-refractivity contribution is 0.0706. The number of nitrogens with zero attached hydrogens (tertiary/aromatic N) is 5. The molecule has 3 aromatic carbocycles. The summed E-state index contributed by atoms with van der Waals surface area (Å²) in [6, 6.07) is 25.6. The van der Waals surface area contributed by atoms with Gasteiger partial charge in [0, 0.05) is 29.8 Å². The van der Waals surface area contributed by atoms with Crippen molar-refractivity contribution in [1.82, 2.24) is 30.3 Å². The molecule has 0 unspecified atom stereocenters. The lowest BCUT2D eigenvalue weighted by Crippen LogP contribution is -2.18. The Kier molecular flexibility index (Phi) is 5.88. The second kappa shape index (κ2) is 9.29. The Bertz CT molecular complexity index is 1440. The number of aromatic nitrogens is 5. The highest BCUT2D eigenvalue weighted by atomic mass is 16.5. The van der Waals surface area contributed by atoms with E-state index in [0.29, 0.717) is 12.1 Å². The predicted octanol–water partition coefficient (Wildman–Crippen LogP) is 4.07. The molecule has 8 nitrogen and oxygen atoms in total. The van der Waals surface area contributed by atoms with Gasteiger partial charge in [0.05, 0.1) is 17.8 Å². The average Bonchev–Trinajstić information content (AvgIpc) is 3.48. The van der Waals surface area contributed by atoms with Crippen LogP contribution in [-0.2, 0) is 19.5 Å². The molecule has 0 atom stereocenters. The highest BCUT2D eigenvalue weighted by Gasteiger charge is 2.13. The molecule has 2 heterocycles. The van der Waals surface area contributed by atoms with E-state index in [1.54, 1.807) is 17.6 Å². The molecule has 0 radical (unpaired) electrons. The number of amides is 1. The van der Waals surface area contributed by atoms with Crippen molar-refractivity contribution in [3.05, 3.63) is 101 Å². The zero-order valence-electron chi connectivity index (χ0n) is 18.7. The summed E-state index contributed by atoms with van der Waals surface area (Å²) in [6.45, 7) is 3.37. The third kappa shape index (κ3) is 4.31. The van der Waals surface area contributed by atoms with Crippen LogP contribution in [0.25, 0.3) is 22.3 Å². The number of rotatable bonds is 7. The molecule has 0 spiro atoms. The minimum atomic E-state index is -0.534. The number of carbonyl (C=O) groups excluding carboxylic acids is 1. The maximum absolute atomic E-state index is 11.6. The van der Waals surface area contributed by atoms with E-state index in [-0.39, 0.29) is 0 Å². The van der Waals surface area contributed by atoms with Gasteiger partial charge in [0.2, 0.25) is 0 Å². The van der Waals surface area contributed by atoms with Crippen LogP contribution < -0.4 is 5.48 Å². The van der Waals surface area contributed by atoms with Crippen LogP contribution in [0.5, 0.6) is 0 Å². The summed E-state index contributed by atoms with van der Waals surface area (Å²) in [5, 5.41) is 22.3. The number of hydrogen-bond donors (Lipinski definition) is 2. The average molecular weight is 453 g/mol. The summed E-state index contributed by atoms with van der Waals surface area (Å²) in [4.78, 5) is 11.6. The van der Waals surface area contributed by atoms with Gasteiger partial charge in [-0.05, 0) is 48.4 Å². The Balaban J connectivity index is 1.50. The maximum atomic E-state index is 11.6. The molecule has 0 saturated carbocycles. The van der Waals surface area contributed by atoms with E-state index < -0.39 is 5.91 Å². The number of carbonyl (C=O) groups is 1. The lowest BCUT2D eigenvalue weighted by Gasteiger charge is -2.09. The van der Waals surface area contributed by atoms with Crippen molar-refractivity contribution < 1.29 is 10.0 Å². The van der Waals surface area contributed by atoms with Crippen molar-refractivity contribution in [2.45, 2.75) is 26.4 Å². The van der Waals surface area contributed by atoms with Gasteiger partial charge >= 0.3 is 0 Å². The number of fused-ring (bicyclic) bond motifs is 1. The van der Waals surface area contributed by atoms with Crippen LogP contribution in [0.3, 0.4) is 0 Å². The SMILES string of the molecule is CCn1nnc2cc(-c3cc(Cc4ccccc4)n(Cc4ccc(C(=O)NO)cc4)n3)ccc21. The number of hydroxylamine groups is 1. The molecule has 2 aromatic heterocycles. The molecule has 1 amide bonds. The Morgan fingerprint density at radius 2 is 1.74 bits per heavy atom. The standard InChI is InChI=1S/C26H24N6O2/c1-2-31-25-13-12-21(15-24(25)27-30-31)23-16-22(14-18-6-4-3-5-7-18)32(28-23)17-19-8-10-20(11-9-19)26(33)29-34/h3-13,15-16,34H,2,14,17H2,1H3,(H,29,33). The second-order valence-electron chi connectivity index (χ2n) is 8.09. The van der Waals surface area contributed by atoms with Crippen LogP contribution in [0.1, 0.15) is 34.1 Å². The lowest BCUT2D eigenvalue weighted by atomic mass is 10.1. The second-order valence-corrected chi connectivity index (χ2v) is 8.09. The smallest absolute Gasteiger partial charge is 0.274 e. The number of aryl methyl sites for hydroxylation is 1. The highest BCUT2D eigenvalue weighted by molar-refractivity contribution is 5.93. The summed E-state index contributed by atoms with van der Waals surface area (Å²) in [5.41, 5.74) is 9.03. The van der Waals surface area contributed by atoms with E-state index in [4.69, 9.17) is 10.3 Å². The summed E-state index contributed by atoms with van der Waals surface area (Å²) in [7, 11) is 0. The quantitative estimate of drug-likeness (QED) is 0.287. The maximum Gasteiger partial charge on any atom is 0.274 e. The first-order chi connectivity index (χ1) is 16.6. The van der Waals surface area contributed by atoms with Gasteiger partial charge in [-0.15, -0.1) is 5.10 Å². The first-order valence-electron chi connectivity index (χ1n) is 11.1.